The van der Waals surface area contributed by atoms with Gasteiger partial charge in [0.1, 0.15) is 17.8 Å². The van der Waals surface area contributed by atoms with Gasteiger partial charge in [0, 0.05) is 26.2 Å². The third-order valence-corrected chi connectivity index (χ3v) is 6.19. The van der Waals surface area contributed by atoms with E-state index in [1.807, 2.05) is 0 Å². The van der Waals surface area contributed by atoms with Gasteiger partial charge in [0.25, 0.3) is 0 Å². The second-order valence-electron chi connectivity index (χ2n) is 8.43. The standard InChI is InChI=1S/C21H33NO4/c1-20(2,19(24-3)25-4)11-8-13-21-12-6-5-10-17(21)26-15-16-9-7-14-22(16)18(21)23/h6,10,12,16,19H,5,7-9,11,13-15H2,1-4H3/t16-,21+/m0/s1. The Morgan fingerprint density at radius 3 is 2.88 bits per heavy atom. The maximum Gasteiger partial charge on any atom is 0.240 e. The molecule has 2 atom stereocenters. The number of nitrogens with zero attached hydrogens (tertiary/aromatic N) is 1. The summed E-state index contributed by atoms with van der Waals surface area (Å²) in [6.45, 7) is 5.79. The number of allylic oxidation sites excluding steroid dienone is 2. The van der Waals surface area contributed by atoms with Crippen LogP contribution in [0, 0.1) is 10.8 Å². The fourth-order valence-electron chi connectivity index (χ4n) is 4.78. The minimum Gasteiger partial charge on any atom is -0.495 e. The van der Waals surface area contributed by atoms with Crippen molar-refractivity contribution >= 4 is 5.91 Å². The van der Waals surface area contributed by atoms with E-state index in [2.05, 4.69) is 37.0 Å². The van der Waals surface area contributed by atoms with Gasteiger partial charge in [0.15, 0.2) is 6.29 Å². The molecule has 2 heterocycles. The van der Waals surface area contributed by atoms with Crippen LogP contribution >= 0.6 is 0 Å². The first kappa shape index (κ1) is 19.4. The van der Waals surface area contributed by atoms with Crippen molar-refractivity contribution in [2.45, 2.75) is 64.7 Å². The zero-order valence-corrected chi connectivity index (χ0v) is 16.6. The molecule has 5 nitrogen and oxygen atoms in total. The molecule has 3 rings (SSSR count). The van der Waals surface area contributed by atoms with Crippen LogP contribution in [0.25, 0.3) is 0 Å². The molecule has 0 unspecified atom stereocenters. The van der Waals surface area contributed by atoms with E-state index in [0.29, 0.717) is 6.61 Å². The molecule has 3 aliphatic rings. The van der Waals surface area contributed by atoms with E-state index in [0.717, 1.165) is 50.8 Å². The van der Waals surface area contributed by atoms with E-state index in [-0.39, 0.29) is 23.7 Å². The number of methoxy groups -OCH3 is 2. The van der Waals surface area contributed by atoms with E-state index in [4.69, 9.17) is 14.2 Å². The van der Waals surface area contributed by atoms with Crippen molar-refractivity contribution in [1.82, 2.24) is 4.90 Å². The van der Waals surface area contributed by atoms with Crippen LogP contribution in [0.5, 0.6) is 0 Å². The summed E-state index contributed by atoms with van der Waals surface area (Å²) in [4.78, 5) is 15.6. The molecule has 0 bridgehead atoms. The van der Waals surface area contributed by atoms with Crippen LogP contribution in [0.2, 0.25) is 0 Å². The van der Waals surface area contributed by atoms with Gasteiger partial charge in [-0.2, -0.15) is 0 Å². The van der Waals surface area contributed by atoms with Crippen LogP contribution in [0.4, 0.5) is 0 Å². The number of carbonyl (C=O) groups is 1. The highest BCUT2D eigenvalue weighted by Crippen LogP contribution is 2.45. The zero-order valence-electron chi connectivity index (χ0n) is 16.6. The molecule has 0 radical (unpaired) electrons. The molecular formula is C21H33NO4. The number of ether oxygens (including phenoxy) is 3. The van der Waals surface area contributed by atoms with Gasteiger partial charge in [-0.25, -0.2) is 0 Å². The van der Waals surface area contributed by atoms with Crippen LogP contribution in [-0.4, -0.2) is 50.5 Å². The van der Waals surface area contributed by atoms with E-state index in [1.165, 1.54) is 0 Å². The molecule has 5 heteroatoms. The lowest BCUT2D eigenvalue weighted by Gasteiger charge is -2.36. The van der Waals surface area contributed by atoms with Crippen molar-refractivity contribution in [3.05, 3.63) is 24.0 Å². The summed E-state index contributed by atoms with van der Waals surface area (Å²) in [6.07, 6.45) is 11.6. The Hall–Kier alpha value is -1.33. The van der Waals surface area contributed by atoms with Gasteiger partial charge in [0.2, 0.25) is 5.91 Å². The summed E-state index contributed by atoms with van der Waals surface area (Å²) in [7, 11) is 3.35. The van der Waals surface area contributed by atoms with Crippen LogP contribution in [0.15, 0.2) is 24.0 Å². The van der Waals surface area contributed by atoms with Crippen molar-refractivity contribution in [2.75, 3.05) is 27.4 Å². The third kappa shape index (κ3) is 3.44. The van der Waals surface area contributed by atoms with Crippen molar-refractivity contribution < 1.29 is 19.0 Å². The quantitative estimate of drug-likeness (QED) is 0.512. The molecule has 26 heavy (non-hydrogen) atoms. The van der Waals surface area contributed by atoms with Gasteiger partial charge in [-0.05, 0) is 38.2 Å². The molecule has 0 aromatic carbocycles. The lowest BCUT2D eigenvalue weighted by atomic mass is 9.74. The Balaban J connectivity index is 1.76. The highest BCUT2D eigenvalue weighted by atomic mass is 16.7. The van der Waals surface area contributed by atoms with Gasteiger partial charge in [-0.15, -0.1) is 0 Å². The van der Waals surface area contributed by atoms with Crippen molar-refractivity contribution in [1.29, 1.82) is 0 Å². The van der Waals surface area contributed by atoms with E-state index < -0.39 is 5.41 Å². The predicted molar refractivity (Wildman–Crippen MR) is 100 cm³/mol. The topological polar surface area (TPSA) is 48.0 Å². The lowest BCUT2D eigenvalue weighted by molar-refractivity contribution is -0.170. The Morgan fingerprint density at radius 1 is 1.38 bits per heavy atom. The SMILES string of the molecule is COC(OC)C(C)(C)CCC[C@]12C=CCC=C1OC[C@@H]1CCCN1C2=O. The summed E-state index contributed by atoms with van der Waals surface area (Å²) in [6, 6.07) is 0.238. The largest absolute Gasteiger partial charge is 0.495 e. The number of hydrogen-bond donors (Lipinski definition) is 0. The van der Waals surface area contributed by atoms with Crippen LogP contribution in [0.3, 0.4) is 0 Å². The molecule has 1 aliphatic carbocycles. The molecule has 1 amide bonds. The molecule has 2 saturated heterocycles. The van der Waals surface area contributed by atoms with Gasteiger partial charge in [-0.3, -0.25) is 4.79 Å². The Labute approximate surface area is 157 Å². The van der Waals surface area contributed by atoms with Crippen LogP contribution in [-0.2, 0) is 19.0 Å². The normalized spacial score (nSPS) is 28.5. The van der Waals surface area contributed by atoms with Crippen LogP contribution in [0.1, 0.15) is 52.4 Å². The molecule has 0 spiro atoms. The first-order valence-corrected chi connectivity index (χ1v) is 9.82. The second-order valence-corrected chi connectivity index (χ2v) is 8.43. The molecule has 146 valence electrons. The third-order valence-electron chi connectivity index (χ3n) is 6.19. The van der Waals surface area contributed by atoms with Gasteiger partial charge < -0.3 is 19.1 Å². The maximum absolute atomic E-state index is 13.5. The van der Waals surface area contributed by atoms with Crippen molar-refractivity contribution in [3.63, 3.8) is 0 Å². The summed E-state index contributed by atoms with van der Waals surface area (Å²) in [5, 5.41) is 0. The predicted octanol–water partition coefficient (Wildman–Crippen LogP) is 3.65. The van der Waals surface area contributed by atoms with Crippen LogP contribution < -0.4 is 0 Å². The summed E-state index contributed by atoms with van der Waals surface area (Å²) in [5.74, 6) is 1.10. The lowest BCUT2D eigenvalue weighted by Crippen LogP contribution is -2.45. The van der Waals surface area contributed by atoms with E-state index in [1.54, 1.807) is 14.2 Å². The Bertz CT molecular complexity index is 579. The Kier molecular flexibility index (Phi) is 5.78. The van der Waals surface area contributed by atoms with Crippen molar-refractivity contribution in [2.24, 2.45) is 10.8 Å². The minimum absolute atomic E-state index is 0.118. The molecule has 0 N–H and O–H groups in total. The highest BCUT2D eigenvalue weighted by molar-refractivity contribution is 5.88. The highest BCUT2D eigenvalue weighted by Gasteiger charge is 2.49. The monoisotopic (exact) mass is 363 g/mol. The van der Waals surface area contributed by atoms with Crippen molar-refractivity contribution in [3.8, 4) is 0 Å². The number of carbonyl (C=O) groups excluding carboxylic acids is 1. The summed E-state index contributed by atoms with van der Waals surface area (Å²) < 4.78 is 17.1. The zero-order chi connectivity index (χ0) is 18.8. The fraction of sp³-hybridized carbons (Fsp3) is 0.762. The second kappa shape index (κ2) is 7.73. The fourth-order valence-corrected chi connectivity index (χ4v) is 4.78. The molecule has 2 fully saturated rings. The average Bonchev–Trinajstić information content (AvgIpc) is 3.05. The number of fused-ring (bicyclic) bond motifs is 2. The van der Waals surface area contributed by atoms with Gasteiger partial charge >= 0.3 is 0 Å². The average molecular weight is 363 g/mol. The first-order valence-electron chi connectivity index (χ1n) is 9.82. The summed E-state index contributed by atoms with van der Waals surface area (Å²) in [5.41, 5.74) is -0.740. The Morgan fingerprint density at radius 2 is 2.15 bits per heavy atom. The number of hydrogen-bond acceptors (Lipinski definition) is 4. The molecule has 2 aliphatic heterocycles. The van der Waals surface area contributed by atoms with Gasteiger partial charge in [-0.1, -0.05) is 32.4 Å². The first-order chi connectivity index (χ1) is 12.4. The number of amides is 1. The molecule has 0 aromatic heterocycles. The maximum atomic E-state index is 13.5. The smallest absolute Gasteiger partial charge is 0.240 e. The summed E-state index contributed by atoms with van der Waals surface area (Å²) >= 11 is 0. The van der Waals surface area contributed by atoms with E-state index in [9.17, 15) is 4.79 Å². The van der Waals surface area contributed by atoms with E-state index >= 15 is 0 Å². The minimum atomic E-state index is -0.622. The molecular weight excluding hydrogens is 330 g/mol. The molecule has 0 aromatic rings. The number of rotatable bonds is 7. The van der Waals surface area contributed by atoms with Gasteiger partial charge in [0.05, 0.1) is 6.04 Å². The molecule has 0 saturated carbocycles.